The lowest BCUT2D eigenvalue weighted by Gasteiger charge is -2.23. The van der Waals surface area contributed by atoms with E-state index in [1.54, 1.807) is 7.11 Å². The third-order valence-electron chi connectivity index (χ3n) is 6.17. The number of carboxylic acids is 1. The average molecular weight is 469 g/mol. The predicted octanol–water partition coefficient (Wildman–Crippen LogP) is 4.98. The minimum absolute atomic E-state index is 0.109. The molecule has 0 bridgehead atoms. The minimum Gasteiger partial charge on any atom is -0.497 e. The fraction of sp³-hybridized carbons (Fsp3) is 0.481. The number of methoxy groups -OCH3 is 1. The van der Waals surface area contributed by atoms with Crippen LogP contribution in [0.2, 0.25) is 0 Å². The predicted molar refractivity (Wildman–Crippen MR) is 131 cm³/mol. The molecule has 34 heavy (non-hydrogen) atoms. The molecule has 184 valence electrons. The maximum absolute atomic E-state index is 13.1. The van der Waals surface area contributed by atoms with Crippen LogP contribution in [0.15, 0.2) is 48.5 Å². The van der Waals surface area contributed by atoms with E-state index in [1.807, 2.05) is 58.3 Å². The van der Waals surface area contributed by atoms with Crippen LogP contribution in [0.4, 0.5) is 4.79 Å². The number of rotatable bonds is 12. The SMILES string of the molecule is CCCN1C(=O)N(Cc2cccc(OC)c2)CC1CCCc1ccc(OC(C)(C)C(=O)O)cc1. The number of benzene rings is 2. The zero-order chi connectivity index (χ0) is 24.7. The second-order valence-corrected chi connectivity index (χ2v) is 9.32. The van der Waals surface area contributed by atoms with Crippen molar-refractivity contribution in [1.82, 2.24) is 9.80 Å². The molecular formula is C27H36N2O5. The van der Waals surface area contributed by atoms with Gasteiger partial charge in [0.1, 0.15) is 11.5 Å². The lowest BCUT2D eigenvalue weighted by molar-refractivity contribution is -0.152. The first-order valence-corrected chi connectivity index (χ1v) is 11.9. The maximum atomic E-state index is 13.1. The Hall–Kier alpha value is -3.22. The average Bonchev–Trinajstić information content (AvgIpc) is 3.09. The van der Waals surface area contributed by atoms with Crippen LogP contribution in [0.5, 0.6) is 11.5 Å². The zero-order valence-corrected chi connectivity index (χ0v) is 20.6. The Balaban J connectivity index is 1.55. The molecular weight excluding hydrogens is 432 g/mol. The molecule has 3 rings (SSSR count). The largest absolute Gasteiger partial charge is 0.497 e. The van der Waals surface area contributed by atoms with Gasteiger partial charge < -0.3 is 24.4 Å². The molecule has 2 aromatic rings. The first kappa shape index (κ1) is 25.4. The highest BCUT2D eigenvalue weighted by molar-refractivity contribution is 5.77. The summed E-state index contributed by atoms with van der Waals surface area (Å²) in [6.45, 7) is 7.25. The monoisotopic (exact) mass is 468 g/mol. The van der Waals surface area contributed by atoms with Crippen LogP contribution in [0.25, 0.3) is 0 Å². The van der Waals surface area contributed by atoms with Gasteiger partial charge in [0.05, 0.1) is 13.2 Å². The smallest absolute Gasteiger partial charge is 0.347 e. The lowest BCUT2D eigenvalue weighted by Crippen LogP contribution is -2.37. The van der Waals surface area contributed by atoms with Crippen LogP contribution < -0.4 is 9.47 Å². The summed E-state index contributed by atoms with van der Waals surface area (Å²) in [5.41, 5.74) is 0.967. The molecule has 2 aromatic carbocycles. The van der Waals surface area contributed by atoms with E-state index in [9.17, 15) is 14.7 Å². The summed E-state index contributed by atoms with van der Waals surface area (Å²) in [7, 11) is 1.65. The first-order valence-electron chi connectivity index (χ1n) is 11.9. The molecule has 1 heterocycles. The zero-order valence-electron chi connectivity index (χ0n) is 20.6. The number of urea groups is 1. The summed E-state index contributed by atoms with van der Waals surface area (Å²) in [6.07, 6.45) is 3.73. The van der Waals surface area contributed by atoms with E-state index in [4.69, 9.17) is 9.47 Å². The summed E-state index contributed by atoms with van der Waals surface area (Å²) >= 11 is 0. The molecule has 0 aliphatic carbocycles. The van der Waals surface area contributed by atoms with Crippen molar-refractivity contribution in [3.05, 3.63) is 59.7 Å². The van der Waals surface area contributed by atoms with E-state index in [-0.39, 0.29) is 12.1 Å². The number of nitrogens with zero attached hydrogens (tertiary/aromatic N) is 2. The van der Waals surface area contributed by atoms with Crippen molar-refractivity contribution in [3.63, 3.8) is 0 Å². The van der Waals surface area contributed by atoms with Gasteiger partial charge in [0, 0.05) is 19.6 Å². The number of carboxylic acid groups (broad SMARTS) is 1. The Kier molecular flexibility index (Phi) is 8.42. The molecule has 1 aliphatic heterocycles. The third-order valence-corrected chi connectivity index (χ3v) is 6.17. The summed E-state index contributed by atoms with van der Waals surface area (Å²) in [6, 6.07) is 15.8. The molecule has 2 amide bonds. The highest BCUT2D eigenvalue weighted by Gasteiger charge is 2.36. The number of carbonyl (C=O) groups excluding carboxylic acids is 1. The molecule has 0 saturated carbocycles. The van der Waals surface area contributed by atoms with Crippen LogP contribution in [0.3, 0.4) is 0 Å². The second-order valence-electron chi connectivity index (χ2n) is 9.32. The van der Waals surface area contributed by atoms with Gasteiger partial charge in [-0.05, 0) is 74.9 Å². The van der Waals surface area contributed by atoms with Gasteiger partial charge in [0.2, 0.25) is 0 Å². The number of hydrogen-bond donors (Lipinski definition) is 1. The van der Waals surface area contributed by atoms with Gasteiger partial charge in [-0.1, -0.05) is 31.2 Å². The van der Waals surface area contributed by atoms with Gasteiger partial charge in [-0.25, -0.2) is 9.59 Å². The van der Waals surface area contributed by atoms with Crippen molar-refractivity contribution < 1.29 is 24.2 Å². The van der Waals surface area contributed by atoms with E-state index >= 15 is 0 Å². The van der Waals surface area contributed by atoms with E-state index in [0.717, 1.165) is 50.1 Å². The van der Waals surface area contributed by atoms with Crippen LogP contribution in [0, 0.1) is 0 Å². The molecule has 0 radical (unpaired) electrons. The first-order chi connectivity index (χ1) is 16.2. The topological polar surface area (TPSA) is 79.3 Å². The standard InChI is InChI=1S/C27H36N2O5/c1-5-16-29-22(19-28(26(29)32)18-21-9-7-11-24(17-21)33-4)10-6-8-20-12-14-23(15-13-20)34-27(2,3)25(30)31/h7,9,11-15,17,22H,5-6,8,10,16,18-19H2,1-4H3,(H,30,31). The van der Waals surface area contributed by atoms with Gasteiger partial charge >= 0.3 is 12.0 Å². The van der Waals surface area contributed by atoms with Crippen LogP contribution in [-0.2, 0) is 17.8 Å². The summed E-state index contributed by atoms with van der Waals surface area (Å²) in [4.78, 5) is 28.3. The van der Waals surface area contributed by atoms with Gasteiger partial charge in [-0.3, -0.25) is 0 Å². The highest BCUT2D eigenvalue weighted by atomic mass is 16.5. The molecule has 1 N–H and O–H groups in total. The Labute approximate surface area is 202 Å². The summed E-state index contributed by atoms with van der Waals surface area (Å²) in [5, 5.41) is 9.22. The maximum Gasteiger partial charge on any atom is 0.347 e. The van der Waals surface area contributed by atoms with Gasteiger partial charge in [-0.2, -0.15) is 0 Å². The summed E-state index contributed by atoms with van der Waals surface area (Å²) < 4.78 is 10.9. The molecule has 1 saturated heterocycles. The van der Waals surface area contributed by atoms with Crippen LogP contribution >= 0.6 is 0 Å². The van der Waals surface area contributed by atoms with Gasteiger partial charge in [0.15, 0.2) is 5.60 Å². The van der Waals surface area contributed by atoms with Crippen molar-refractivity contribution in [3.8, 4) is 11.5 Å². The number of aliphatic carboxylic acids is 1. The quantitative estimate of drug-likeness (QED) is 0.475. The number of carbonyl (C=O) groups is 2. The Morgan fingerprint density at radius 2 is 1.85 bits per heavy atom. The normalized spacial score (nSPS) is 16.1. The van der Waals surface area contributed by atoms with Crippen molar-refractivity contribution in [2.24, 2.45) is 0 Å². The van der Waals surface area contributed by atoms with E-state index in [2.05, 4.69) is 6.92 Å². The molecule has 1 aliphatic rings. The molecule has 0 spiro atoms. The van der Waals surface area contributed by atoms with Crippen molar-refractivity contribution in [1.29, 1.82) is 0 Å². The van der Waals surface area contributed by atoms with Crippen molar-refractivity contribution in [2.45, 2.75) is 64.6 Å². The third kappa shape index (κ3) is 6.43. The number of aryl methyl sites for hydroxylation is 1. The number of hydrogen-bond acceptors (Lipinski definition) is 4. The van der Waals surface area contributed by atoms with Crippen LogP contribution in [0.1, 0.15) is 51.2 Å². The molecule has 1 atom stereocenters. The Morgan fingerprint density at radius 1 is 1.12 bits per heavy atom. The molecule has 1 unspecified atom stereocenters. The molecule has 7 heteroatoms. The fourth-order valence-corrected chi connectivity index (χ4v) is 4.26. The lowest BCUT2D eigenvalue weighted by atomic mass is 10.0. The Bertz CT molecular complexity index is 973. The van der Waals surface area contributed by atoms with Crippen molar-refractivity contribution >= 4 is 12.0 Å². The number of amides is 2. The minimum atomic E-state index is -1.27. The number of ether oxygens (including phenoxy) is 2. The van der Waals surface area contributed by atoms with Gasteiger partial charge in [0.25, 0.3) is 0 Å². The molecule has 0 aromatic heterocycles. The van der Waals surface area contributed by atoms with E-state index in [0.29, 0.717) is 12.3 Å². The van der Waals surface area contributed by atoms with E-state index < -0.39 is 11.6 Å². The second kappa shape index (κ2) is 11.3. The van der Waals surface area contributed by atoms with Crippen LogP contribution in [-0.4, -0.2) is 58.7 Å². The van der Waals surface area contributed by atoms with Gasteiger partial charge in [-0.15, -0.1) is 0 Å². The molecule has 7 nitrogen and oxygen atoms in total. The van der Waals surface area contributed by atoms with Crippen molar-refractivity contribution in [2.75, 3.05) is 20.2 Å². The highest BCUT2D eigenvalue weighted by Crippen LogP contribution is 2.25. The van der Waals surface area contributed by atoms with E-state index in [1.165, 1.54) is 19.4 Å². The fourth-order valence-electron chi connectivity index (χ4n) is 4.26. The summed E-state index contributed by atoms with van der Waals surface area (Å²) in [5.74, 6) is 0.341. The Morgan fingerprint density at radius 3 is 2.50 bits per heavy atom. The molecule has 1 fully saturated rings.